The smallest absolute Gasteiger partial charge is 0.316 e. The number of aryl methyl sites for hydroxylation is 1. The molecule has 1 aliphatic carbocycles. The summed E-state index contributed by atoms with van der Waals surface area (Å²) in [6.45, 7) is 4.13. The molecule has 1 nitrogen and oxygen atoms in total. The van der Waals surface area contributed by atoms with Crippen molar-refractivity contribution in [3.8, 4) is 0 Å². The second kappa shape index (κ2) is 12.6. The monoisotopic (exact) mass is 460 g/mol. The molecule has 0 aliphatic heterocycles. The summed E-state index contributed by atoms with van der Waals surface area (Å²) in [5.41, 5.74) is 2.37. The van der Waals surface area contributed by atoms with Crippen LogP contribution in [-0.2, 0) is 23.7 Å². The van der Waals surface area contributed by atoms with Crippen LogP contribution in [-0.4, -0.2) is 6.61 Å². The zero-order chi connectivity index (χ0) is 23.7. The summed E-state index contributed by atoms with van der Waals surface area (Å²) < 4.78 is 48.4. The minimum atomic E-state index is -3.38. The van der Waals surface area contributed by atoms with Gasteiger partial charge < -0.3 is 4.74 Å². The first kappa shape index (κ1) is 25.8. The number of benzene rings is 2. The lowest BCUT2D eigenvalue weighted by Gasteiger charge is -2.29. The van der Waals surface area contributed by atoms with Gasteiger partial charge in [-0.3, -0.25) is 0 Å². The molecular weight excluding hydrogens is 421 g/mol. The van der Waals surface area contributed by atoms with Crippen LogP contribution in [0.4, 0.5) is 13.2 Å². The second-order valence-electron chi connectivity index (χ2n) is 9.63. The van der Waals surface area contributed by atoms with E-state index < -0.39 is 6.11 Å². The van der Waals surface area contributed by atoms with E-state index in [0.29, 0.717) is 11.5 Å². The van der Waals surface area contributed by atoms with Gasteiger partial charge in [-0.05, 0) is 79.5 Å². The quantitative estimate of drug-likeness (QED) is 0.287. The molecule has 1 saturated carbocycles. The van der Waals surface area contributed by atoms with Crippen LogP contribution in [0, 0.1) is 11.7 Å². The molecule has 1 fully saturated rings. The molecule has 2 aromatic rings. The van der Waals surface area contributed by atoms with Crippen molar-refractivity contribution in [1.29, 1.82) is 0 Å². The van der Waals surface area contributed by atoms with E-state index in [1.807, 2.05) is 18.2 Å². The van der Waals surface area contributed by atoms with Crippen molar-refractivity contribution in [2.75, 3.05) is 6.61 Å². The number of halogens is 3. The van der Waals surface area contributed by atoms with Crippen molar-refractivity contribution >= 4 is 0 Å². The minimum Gasteiger partial charge on any atom is -0.316 e. The van der Waals surface area contributed by atoms with Gasteiger partial charge in [-0.15, -0.1) is 0 Å². The van der Waals surface area contributed by atoms with Crippen LogP contribution in [0.3, 0.4) is 0 Å². The molecular formula is C29H39F3O. The van der Waals surface area contributed by atoms with Gasteiger partial charge in [0.1, 0.15) is 5.82 Å². The minimum absolute atomic E-state index is 0.121. The normalized spacial score (nSPS) is 19.1. The highest BCUT2D eigenvalue weighted by Crippen LogP contribution is 2.38. The summed E-state index contributed by atoms with van der Waals surface area (Å²) in [7, 11) is 0. The predicted molar refractivity (Wildman–Crippen MR) is 129 cm³/mol. The molecule has 0 amide bonds. The summed E-state index contributed by atoms with van der Waals surface area (Å²) in [5, 5.41) is 0. The first-order valence-corrected chi connectivity index (χ1v) is 12.8. The average molecular weight is 461 g/mol. The molecule has 0 radical (unpaired) electrons. The van der Waals surface area contributed by atoms with E-state index in [1.165, 1.54) is 43.9 Å². The highest BCUT2D eigenvalue weighted by molar-refractivity contribution is 5.28. The molecule has 0 unspecified atom stereocenters. The van der Waals surface area contributed by atoms with Crippen molar-refractivity contribution in [2.24, 2.45) is 5.92 Å². The molecule has 0 bridgehead atoms. The molecule has 182 valence electrons. The highest BCUT2D eigenvalue weighted by atomic mass is 19.3. The van der Waals surface area contributed by atoms with Crippen molar-refractivity contribution < 1.29 is 17.9 Å². The molecule has 0 heterocycles. The molecule has 0 N–H and O–H groups in total. The number of alkyl halides is 2. The Bertz CT molecular complexity index is 838. The molecule has 4 heteroatoms. The molecule has 33 heavy (non-hydrogen) atoms. The zero-order valence-electron chi connectivity index (χ0n) is 20.2. The van der Waals surface area contributed by atoms with E-state index in [-0.39, 0.29) is 24.4 Å². The number of unbranched alkanes of at least 4 members (excludes halogenated alkanes) is 2. The van der Waals surface area contributed by atoms with Crippen LogP contribution in [0.2, 0.25) is 0 Å². The SMILES string of the molecule is CCCCCc1ccc(CCOC(F)(F)c2ccc([C@H]3CC[C@H](CCC)CC3)cc2)c(F)c1. The molecule has 3 rings (SSSR count). The van der Waals surface area contributed by atoms with Gasteiger partial charge in [-0.1, -0.05) is 75.9 Å². The lowest BCUT2D eigenvalue weighted by Crippen LogP contribution is -2.20. The van der Waals surface area contributed by atoms with E-state index in [4.69, 9.17) is 4.74 Å². The van der Waals surface area contributed by atoms with Crippen molar-refractivity contribution in [1.82, 2.24) is 0 Å². The Morgan fingerprint density at radius 2 is 1.61 bits per heavy atom. The molecule has 2 aromatic carbocycles. The number of hydrogen-bond donors (Lipinski definition) is 0. The van der Waals surface area contributed by atoms with Crippen molar-refractivity contribution in [3.05, 3.63) is 70.5 Å². The highest BCUT2D eigenvalue weighted by Gasteiger charge is 2.33. The lowest BCUT2D eigenvalue weighted by molar-refractivity contribution is -0.248. The maximum absolute atomic E-state index is 14.6. The number of hydrogen-bond acceptors (Lipinski definition) is 1. The molecule has 1 aliphatic rings. The third-order valence-electron chi connectivity index (χ3n) is 7.10. The van der Waals surface area contributed by atoms with E-state index in [1.54, 1.807) is 6.07 Å². The summed E-state index contributed by atoms with van der Waals surface area (Å²) in [4.78, 5) is 0. The largest absolute Gasteiger partial charge is 0.383 e. The van der Waals surface area contributed by atoms with E-state index >= 15 is 0 Å². The number of ether oxygens (including phenoxy) is 1. The average Bonchev–Trinajstić information content (AvgIpc) is 2.81. The van der Waals surface area contributed by atoms with E-state index in [9.17, 15) is 13.2 Å². The Labute approximate surface area is 197 Å². The fourth-order valence-corrected chi connectivity index (χ4v) is 5.04. The van der Waals surface area contributed by atoms with Crippen molar-refractivity contribution in [2.45, 2.75) is 96.5 Å². The lowest BCUT2D eigenvalue weighted by atomic mass is 9.77. The predicted octanol–water partition coefficient (Wildman–Crippen LogP) is 8.94. The first-order chi connectivity index (χ1) is 15.9. The maximum atomic E-state index is 14.6. The van der Waals surface area contributed by atoms with Gasteiger partial charge in [0.25, 0.3) is 0 Å². The molecule has 0 saturated heterocycles. The molecule has 0 atom stereocenters. The topological polar surface area (TPSA) is 9.23 Å². The zero-order valence-corrected chi connectivity index (χ0v) is 20.2. The fraction of sp³-hybridized carbons (Fsp3) is 0.586. The third-order valence-corrected chi connectivity index (χ3v) is 7.10. The Morgan fingerprint density at radius 3 is 2.24 bits per heavy atom. The molecule has 0 aromatic heterocycles. The van der Waals surface area contributed by atoms with Crippen LogP contribution in [0.15, 0.2) is 42.5 Å². The maximum Gasteiger partial charge on any atom is 0.383 e. The molecule has 0 spiro atoms. The summed E-state index contributed by atoms with van der Waals surface area (Å²) in [5.74, 6) is 0.953. The summed E-state index contributed by atoms with van der Waals surface area (Å²) in [6, 6.07) is 11.7. The Kier molecular flexibility index (Phi) is 9.85. The number of rotatable bonds is 12. The van der Waals surface area contributed by atoms with Gasteiger partial charge in [0.2, 0.25) is 0 Å². The first-order valence-electron chi connectivity index (χ1n) is 12.8. The van der Waals surface area contributed by atoms with Crippen LogP contribution < -0.4 is 0 Å². The third kappa shape index (κ3) is 7.60. The van der Waals surface area contributed by atoms with Crippen LogP contribution >= 0.6 is 0 Å². The van der Waals surface area contributed by atoms with Gasteiger partial charge >= 0.3 is 6.11 Å². The van der Waals surface area contributed by atoms with E-state index in [2.05, 4.69) is 13.8 Å². The van der Waals surface area contributed by atoms with Gasteiger partial charge in [-0.25, -0.2) is 4.39 Å². The van der Waals surface area contributed by atoms with Crippen molar-refractivity contribution in [3.63, 3.8) is 0 Å². The van der Waals surface area contributed by atoms with Gasteiger partial charge in [-0.2, -0.15) is 8.78 Å². The Balaban J connectivity index is 1.49. The van der Waals surface area contributed by atoms with Crippen LogP contribution in [0.5, 0.6) is 0 Å². The van der Waals surface area contributed by atoms with Crippen LogP contribution in [0.25, 0.3) is 0 Å². The van der Waals surface area contributed by atoms with Gasteiger partial charge in [0.05, 0.1) is 12.2 Å². The fourth-order valence-electron chi connectivity index (χ4n) is 5.04. The van der Waals surface area contributed by atoms with Gasteiger partial charge in [0, 0.05) is 0 Å². The summed E-state index contributed by atoms with van der Waals surface area (Å²) >= 11 is 0. The summed E-state index contributed by atoms with van der Waals surface area (Å²) in [6.07, 6.45) is 8.12. The standard InChI is InChI=1S/C29H39F3O/c1-3-5-6-8-23-11-14-26(28(30)21-23)19-20-33-29(31,32)27-17-15-25(16-18-27)24-12-9-22(7-4-2)10-13-24/h11,14-18,21-22,24H,3-10,12-13,19-20H2,1-2H3/t22-,24-. The second-order valence-corrected chi connectivity index (χ2v) is 9.63. The Morgan fingerprint density at radius 1 is 0.879 bits per heavy atom. The van der Waals surface area contributed by atoms with Gasteiger partial charge in [0.15, 0.2) is 0 Å². The Hall–Kier alpha value is -1.81. The van der Waals surface area contributed by atoms with Crippen LogP contribution in [0.1, 0.15) is 99.8 Å². The van der Waals surface area contributed by atoms with E-state index in [0.717, 1.165) is 55.6 Å².